The van der Waals surface area contributed by atoms with E-state index in [9.17, 15) is 14.7 Å². The molecule has 0 aliphatic carbocycles. The lowest BCUT2D eigenvalue weighted by atomic mass is 10.0. The first-order valence-corrected chi connectivity index (χ1v) is 11.0. The maximum absolute atomic E-state index is 12.6. The van der Waals surface area contributed by atoms with Crippen molar-refractivity contribution in [1.82, 2.24) is 10.3 Å². The molecule has 0 aliphatic rings. The van der Waals surface area contributed by atoms with Gasteiger partial charge in [0.15, 0.2) is 6.10 Å². The summed E-state index contributed by atoms with van der Waals surface area (Å²) < 4.78 is 0. The molecule has 0 saturated heterocycles. The number of halogens is 1. The van der Waals surface area contributed by atoms with Gasteiger partial charge in [-0.05, 0) is 49.6 Å². The van der Waals surface area contributed by atoms with E-state index in [2.05, 4.69) is 15.6 Å². The molecule has 1 heterocycles. The lowest BCUT2D eigenvalue weighted by Gasteiger charge is -2.14. The third-order valence-electron chi connectivity index (χ3n) is 5.05. The van der Waals surface area contributed by atoms with E-state index >= 15 is 0 Å². The van der Waals surface area contributed by atoms with Crippen molar-refractivity contribution in [2.75, 3.05) is 11.1 Å². The predicted molar refractivity (Wildman–Crippen MR) is 131 cm³/mol. The van der Waals surface area contributed by atoms with E-state index in [0.717, 1.165) is 12.0 Å². The Morgan fingerprint density at radius 2 is 1.91 bits per heavy atom. The Balaban J connectivity index is 1.80. The number of hydrogen-bond donors (Lipinski definition) is 4. The molecule has 2 aromatic carbocycles. The van der Waals surface area contributed by atoms with Gasteiger partial charge in [-0.3, -0.25) is 9.59 Å². The fourth-order valence-corrected chi connectivity index (χ4v) is 3.61. The summed E-state index contributed by atoms with van der Waals surface area (Å²) in [6.07, 6.45) is 1.03. The highest BCUT2D eigenvalue weighted by Gasteiger charge is 2.19. The molecule has 1 atom stereocenters. The van der Waals surface area contributed by atoms with Gasteiger partial charge < -0.3 is 21.5 Å². The molecule has 3 rings (SSSR count). The average molecular weight is 467 g/mol. The van der Waals surface area contributed by atoms with Gasteiger partial charge in [0.2, 0.25) is 0 Å². The van der Waals surface area contributed by atoms with Crippen LogP contribution >= 0.6 is 11.6 Å². The summed E-state index contributed by atoms with van der Waals surface area (Å²) in [4.78, 5) is 29.1. The molecule has 0 unspecified atom stereocenters. The third kappa shape index (κ3) is 5.88. The van der Waals surface area contributed by atoms with E-state index in [1.807, 2.05) is 32.9 Å². The maximum Gasteiger partial charge on any atom is 0.257 e. The topological polar surface area (TPSA) is 117 Å². The number of hydrogen-bond acceptors (Lipinski definition) is 5. The highest BCUT2D eigenvalue weighted by Crippen LogP contribution is 2.32. The van der Waals surface area contributed by atoms with Gasteiger partial charge >= 0.3 is 0 Å². The Kier molecular flexibility index (Phi) is 7.68. The summed E-state index contributed by atoms with van der Waals surface area (Å²) in [6.45, 7) is 5.71. The fourth-order valence-electron chi connectivity index (χ4n) is 3.32. The summed E-state index contributed by atoms with van der Waals surface area (Å²) >= 11 is 6.47. The molecule has 0 saturated carbocycles. The Morgan fingerprint density at radius 3 is 2.58 bits per heavy atom. The number of nitrogen functional groups attached to an aromatic ring is 1. The van der Waals surface area contributed by atoms with Crippen molar-refractivity contribution in [3.63, 3.8) is 0 Å². The zero-order valence-electron chi connectivity index (χ0n) is 18.7. The second-order valence-corrected chi connectivity index (χ2v) is 8.38. The van der Waals surface area contributed by atoms with E-state index < -0.39 is 12.0 Å². The first kappa shape index (κ1) is 24.2. The number of aliphatic hydroxyl groups excluding tert-OH is 1. The predicted octanol–water partition coefficient (Wildman–Crippen LogP) is 4.36. The summed E-state index contributed by atoms with van der Waals surface area (Å²) in [5, 5.41) is 16.3. The number of anilines is 2. The molecule has 7 nitrogen and oxygen atoms in total. The Morgan fingerprint density at radius 1 is 1.15 bits per heavy atom. The minimum atomic E-state index is -1.31. The number of amides is 2. The van der Waals surface area contributed by atoms with Crippen LogP contribution in [0.25, 0.3) is 11.1 Å². The van der Waals surface area contributed by atoms with Gasteiger partial charge in [-0.25, -0.2) is 4.98 Å². The molecule has 0 radical (unpaired) electrons. The molecular weight excluding hydrogens is 440 g/mol. The number of nitrogens with one attached hydrogen (secondary N) is 2. The standard InChI is InChI=1S/C25H27ClN4O3/c1-4-15-6-5-7-16(10-15)22(31)25(33)30-18-8-9-19(21(26)12-18)17-11-20(23(27)28-13-17)24(32)29-14(2)3/h5-14,22,31H,4H2,1-3H3,(H2,27,28)(H,29,32)(H,30,33)/t22-/m1/s1. The molecule has 8 heteroatoms. The first-order valence-electron chi connectivity index (χ1n) is 10.6. The largest absolute Gasteiger partial charge is 0.383 e. The van der Waals surface area contributed by atoms with Crippen molar-refractivity contribution in [3.05, 3.63) is 76.4 Å². The number of pyridine rings is 1. The summed E-state index contributed by atoms with van der Waals surface area (Å²) in [6, 6.07) is 13.8. The van der Waals surface area contributed by atoms with E-state index in [1.54, 1.807) is 36.4 Å². The molecule has 33 heavy (non-hydrogen) atoms. The number of rotatable bonds is 7. The van der Waals surface area contributed by atoms with Gasteiger partial charge in [-0.15, -0.1) is 0 Å². The van der Waals surface area contributed by atoms with Crippen LogP contribution in [0.1, 0.15) is 48.4 Å². The number of benzene rings is 2. The fraction of sp³-hybridized carbons (Fsp3) is 0.240. The van der Waals surface area contributed by atoms with Crippen molar-refractivity contribution < 1.29 is 14.7 Å². The zero-order chi connectivity index (χ0) is 24.1. The molecule has 2 amide bonds. The second kappa shape index (κ2) is 10.5. The third-order valence-corrected chi connectivity index (χ3v) is 5.37. The molecule has 172 valence electrons. The summed E-state index contributed by atoms with van der Waals surface area (Å²) in [5.74, 6) is -0.759. The first-order chi connectivity index (χ1) is 15.7. The normalized spacial score (nSPS) is 11.8. The molecular formula is C25H27ClN4O3. The number of nitrogens with two attached hydrogens (primary N) is 1. The van der Waals surface area contributed by atoms with Crippen molar-refractivity contribution in [2.45, 2.75) is 39.3 Å². The Bertz CT molecular complexity index is 1180. The van der Waals surface area contributed by atoms with Crippen LogP contribution in [0.5, 0.6) is 0 Å². The van der Waals surface area contributed by atoms with Crippen molar-refractivity contribution in [2.24, 2.45) is 0 Å². The molecule has 0 bridgehead atoms. The molecule has 0 spiro atoms. The maximum atomic E-state index is 12.6. The van der Waals surface area contributed by atoms with Gasteiger partial charge in [0.25, 0.3) is 11.8 Å². The van der Waals surface area contributed by atoms with Crippen LogP contribution in [0.15, 0.2) is 54.7 Å². The Hall–Kier alpha value is -3.42. The highest BCUT2D eigenvalue weighted by molar-refractivity contribution is 6.33. The Labute approximate surface area is 198 Å². The highest BCUT2D eigenvalue weighted by atomic mass is 35.5. The quantitative estimate of drug-likeness (QED) is 0.412. The number of aryl methyl sites for hydroxylation is 1. The van der Waals surface area contributed by atoms with Crippen molar-refractivity contribution in [1.29, 1.82) is 0 Å². The van der Waals surface area contributed by atoms with Crippen LogP contribution in [-0.2, 0) is 11.2 Å². The van der Waals surface area contributed by atoms with Crippen molar-refractivity contribution in [3.8, 4) is 11.1 Å². The van der Waals surface area contributed by atoms with Crippen LogP contribution in [-0.4, -0.2) is 27.9 Å². The minimum absolute atomic E-state index is 0.0492. The smallest absolute Gasteiger partial charge is 0.257 e. The molecule has 3 aromatic rings. The lowest BCUT2D eigenvalue weighted by Crippen LogP contribution is -2.30. The van der Waals surface area contributed by atoms with Crippen LogP contribution in [0.3, 0.4) is 0 Å². The average Bonchev–Trinajstić information content (AvgIpc) is 2.78. The molecule has 1 aromatic heterocycles. The van der Waals surface area contributed by atoms with Crippen LogP contribution in [0.4, 0.5) is 11.5 Å². The SMILES string of the molecule is CCc1cccc([C@@H](O)C(=O)Nc2ccc(-c3cnc(N)c(C(=O)NC(C)C)c3)c(Cl)c2)c1. The van der Waals surface area contributed by atoms with Crippen LogP contribution < -0.4 is 16.4 Å². The number of carbonyl (C=O) groups excluding carboxylic acids is 2. The van der Waals surface area contributed by atoms with E-state index in [4.69, 9.17) is 17.3 Å². The minimum Gasteiger partial charge on any atom is -0.383 e. The molecule has 0 fully saturated rings. The molecule has 0 aliphatic heterocycles. The molecule has 5 N–H and O–H groups in total. The number of aliphatic hydroxyl groups is 1. The van der Waals surface area contributed by atoms with Gasteiger partial charge in [0.1, 0.15) is 5.82 Å². The summed E-state index contributed by atoms with van der Waals surface area (Å²) in [7, 11) is 0. The number of aromatic nitrogens is 1. The lowest BCUT2D eigenvalue weighted by molar-refractivity contribution is -0.124. The van der Waals surface area contributed by atoms with E-state index in [-0.39, 0.29) is 23.3 Å². The zero-order valence-corrected chi connectivity index (χ0v) is 19.5. The van der Waals surface area contributed by atoms with Crippen LogP contribution in [0.2, 0.25) is 5.02 Å². The van der Waals surface area contributed by atoms with Gasteiger partial charge in [0.05, 0.1) is 10.6 Å². The number of nitrogens with zero attached hydrogens (tertiary/aromatic N) is 1. The number of carbonyl (C=O) groups is 2. The van der Waals surface area contributed by atoms with Gasteiger partial charge in [-0.2, -0.15) is 0 Å². The van der Waals surface area contributed by atoms with Gasteiger partial charge in [0, 0.05) is 29.1 Å². The monoisotopic (exact) mass is 466 g/mol. The van der Waals surface area contributed by atoms with Crippen LogP contribution in [0, 0.1) is 0 Å². The second-order valence-electron chi connectivity index (χ2n) is 7.97. The van der Waals surface area contributed by atoms with E-state index in [0.29, 0.717) is 27.4 Å². The van der Waals surface area contributed by atoms with E-state index in [1.165, 1.54) is 6.20 Å². The van der Waals surface area contributed by atoms with Crippen molar-refractivity contribution >= 4 is 34.9 Å². The summed E-state index contributed by atoms with van der Waals surface area (Å²) in [5.41, 5.74) is 9.35. The van der Waals surface area contributed by atoms with Gasteiger partial charge in [-0.1, -0.05) is 48.9 Å².